The van der Waals surface area contributed by atoms with E-state index in [2.05, 4.69) is 0 Å². The fraction of sp³-hybridized carbons (Fsp3) is 0.538. The Morgan fingerprint density at radius 1 is 1.41 bits per heavy atom. The maximum atomic E-state index is 13.1. The van der Waals surface area contributed by atoms with Crippen molar-refractivity contribution in [1.82, 2.24) is 0 Å². The highest BCUT2D eigenvalue weighted by molar-refractivity contribution is 5.35. The third-order valence-electron chi connectivity index (χ3n) is 2.40. The van der Waals surface area contributed by atoms with Gasteiger partial charge in [-0.1, -0.05) is 0 Å². The van der Waals surface area contributed by atoms with E-state index in [1.807, 2.05) is 0 Å². The van der Waals surface area contributed by atoms with E-state index in [0.29, 0.717) is 17.7 Å². The number of rotatable bonds is 5. The Morgan fingerprint density at radius 3 is 2.59 bits per heavy atom. The molecule has 0 aromatic heterocycles. The minimum absolute atomic E-state index is 0.271. The van der Waals surface area contributed by atoms with Gasteiger partial charge in [-0.2, -0.15) is 0 Å². The molecule has 2 N–H and O–H groups in total. The predicted octanol–water partition coefficient (Wildman–Crippen LogP) is 2.42. The maximum absolute atomic E-state index is 13.1. The normalized spacial score (nSPS) is 13.5. The highest BCUT2D eigenvalue weighted by Gasteiger charge is 2.14. The smallest absolute Gasteiger partial charge is 0.127 e. The van der Waals surface area contributed by atoms with Crippen molar-refractivity contribution in [1.29, 1.82) is 0 Å². The summed E-state index contributed by atoms with van der Waals surface area (Å²) in [7, 11) is 0. The molecule has 0 saturated carbocycles. The first-order valence-electron chi connectivity index (χ1n) is 5.62. The summed E-state index contributed by atoms with van der Waals surface area (Å²) < 4.78 is 18.5. The van der Waals surface area contributed by atoms with Gasteiger partial charge in [0.1, 0.15) is 11.6 Å². The summed E-state index contributed by atoms with van der Waals surface area (Å²) in [6, 6.07) is 4.02. The molecule has 1 atom stereocenters. The molecule has 1 rings (SSSR count). The van der Waals surface area contributed by atoms with Gasteiger partial charge in [-0.3, -0.25) is 0 Å². The highest BCUT2D eigenvalue weighted by Crippen LogP contribution is 2.26. The van der Waals surface area contributed by atoms with E-state index in [0.717, 1.165) is 0 Å². The molecule has 0 aliphatic heterocycles. The van der Waals surface area contributed by atoms with Crippen molar-refractivity contribution in [3.8, 4) is 5.75 Å². The van der Waals surface area contributed by atoms with Crippen molar-refractivity contribution in [2.45, 2.75) is 38.9 Å². The molecule has 0 heterocycles. The Balaban J connectivity index is 2.72. The van der Waals surface area contributed by atoms with Crippen molar-refractivity contribution in [2.75, 3.05) is 6.61 Å². The zero-order valence-corrected chi connectivity index (χ0v) is 10.4. The molecular weight excluding hydrogens is 223 g/mol. The second-order valence-corrected chi connectivity index (χ2v) is 4.77. The van der Waals surface area contributed by atoms with Gasteiger partial charge in [0.25, 0.3) is 0 Å². The SMILES string of the molecule is C[C@@H](O)c1ccc(F)cc1OCCC(C)(C)O. The number of halogens is 1. The first-order chi connectivity index (χ1) is 7.79. The van der Waals surface area contributed by atoms with Crippen LogP contribution >= 0.6 is 0 Å². The van der Waals surface area contributed by atoms with Gasteiger partial charge < -0.3 is 14.9 Å². The summed E-state index contributed by atoms with van der Waals surface area (Å²) >= 11 is 0. The minimum Gasteiger partial charge on any atom is -0.493 e. The van der Waals surface area contributed by atoms with Crippen LogP contribution in [0.25, 0.3) is 0 Å². The summed E-state index contributed by atoms with van der Waals surface area (Å²) in [5, 5.41) is 19.0. The molecule has 3 nitrogen and oxygen atoms in total. The summed E-state index contributed by atoms with van der Waals surface area (Å²) in [6.45, 7) is 5.22. The molecule has 0 unspecified atom stereocenters. The predicted molar refractivity (Wildman–Crippen MR) is 63.4 cm³/mol. The highest BCUT2D eigenvalue weighted by atomic mass is 19.1. The van der Waals surface area contributed by atoms with Crippen molar-refractivity contribution in [3.63, 3.8) is 0 Å². The quantitative estimate of drug-likeness (QED) is 0.833. The second kappa shape index (κ2) is 5.47. The number of aliphatic hydroxyl groups excluding tert-OH is 1. The molecule has 17 heavy (non-hydrogen) atoms. The third-order valence-corrected chi connectivity index (χ3v) is 2.40. The molecule has 0 aliphatic rings. The molecule has 1 aromatic carbocycles. The van der Waals surface area contributed by atoms with Crippen LogP contribution in [0.2, 0.25) is 0 Å². The molecule has 1 aromatic rings. The van der Waals surface area contributed by atoms with Crippen molar-refractivity contribution < 1.29 is 19.3 Å². The van der Waals surface area contributed by atoms with Crippen LogP contribution in [-0.4, -0.2) is 22.4 Å². The average Bonchev–Trinajstić information content (AvgIpc) is 2.15. The third kappa shape index (κ3) is 4.71. The van der Waals surface area contributed by atoms with Gasteiger partial charge in [-0.15, -0.1) is 0 Å². The van der Waals surface area contributed by atoms with Crippen molar-refractivity contribution in [2.24, 2.45) is 0 Å². The lowest BCUT2D eigenvalue weighted by Gasteiger charge is -2.18. The van der Waals surface area contributed by atoms with Gasteiger partial charge in [-0.05, 0) is 32.9 Å². The standard InChI is InChI=1S/C13H19FO3/c1-9(15)11-5-4-10(14)8-12(11)17-7-6-13(2,3)16/h4-5,8-9,15-16H,6-7H2,1-3H3/t9-/m1/s1. The largest absolute Gasteiger partial charge is 0.493 e. The summed E-state index contributed by atoms with van der Waals surface area (Å²) in [6.07, 6.45) is -0.282. The molecule has 0 aliphatic carbocycles. The second-order valence-electron chi connectivity index (χ2n) is 4.77. The summed E-state index contributed by atoms with van der Waals surface area (Å²) in [4.78, 5) is 0. The monoisotopic (exact) mass is 242 g/mol. The van der Waals surface area contributed by atoms with E-state index in [1.54, 1.807) is 20.8 Å². The Labute approximate surface area is 101 Å². The lowest BCUT2D eigenvalue weighted by Crippen LogP contribution is -2.22. The molecule has 96 valence electrons. The van der Waals surface area contributed by atoms with Crippen LogP contribution in [0, 0.1) is 5.82 Å². The Kier molecular flexibility index (Phi) is 4.48. The van der Waals surface area contributed by atoms with Gasteiger partial charge in [0.2, 0.25) is 0 Å². The number of benzene rings is 1. The van der Waals surface area contributed by atoms with Gasteiger partial charge in [0.05, 0.1) is 18.3 Å². The molecule has 0 fully saturated rings. The number of hydrogen-bond donors (Lipinski definition) is 2. The topological polar surface area (TPSA) is 49.7 Å². The van der Waals surface area contributed by atoms with E-state index in [-0.39, 0.29) is 6.61 Å². The van der Waals surface area contributed by atoms with Crippen LogP contribution in [0.5, 0.6) is 5.75 Å². The Morgan fingerprint density at radius 2 is 2.06 bits per heavy atom. The molecular formula is C13H19FO3. The molecule has 0 spiro atoms. The summed E-state index contributed by atoms with van der Waals surface area (Å²) in [5.74, 6) is -0.0862. The summed E-state index contributed by atoms with van der Waals surface area (Å²) in [5.41, 5.74) is -0.277. The van der Waals surface area contributed by atoms with Gasteiger partial charge in [0.15, 0.2) is 0 Å². The molecule has 0 bridgehead atoms. The molecule has 0 amide bonds. The van der Waals surface area contributed by atoms with Crippen LogP contribution in [0.4, 0.5) is 4.39 Å². The van der Waals surface area contributed by atoms with Crippen LogP contribution < -0.4 is 4.74 Å². The van der Waals surface area contributed by atoms with Gasteiger partial charge >= 0.3 is 0 Å². The lowest BCUT2D eigenvalue weighted by molar-refractivity contribution is 0.0548. The molecule has 4 heteroatoms. The molecule has 0 saturated heterocycles. The van der Waals surface area contributed by atoms with Crippen LogP contribution in [0.1, 0.15) is 38.9 Å². The zero-order valence-electron chi connectivity index (χ0n) is 10.4. The lowest BCUT2D eigenvalue weighted by atomic mass is 10.1. The van der Waals surface area contributed by atoms with Crippen LogP contribution in [-0.2, 0) is 0 Å². The van der Waals surface area contributed by atoms with Gasteiger partial charge in [0, 0.05) is 18.1 Å². The van der Waals surface area contributed by atoms with Gasteiger partial charge in [-0.25, -0.2) is 4.39 Å². The van der Waals surface area contributed by atoms with E-state index >= 15 is 0 Å². The maximum Gasteiger partial charge on any atom is 0.127 e. The van der Waals surface area contributed by atoms with E-state index in [1.165, 1.54) is 18.2 Å². The number of ether oxygens (including phenoxy) is 1. The zero-order chi connectivity index (χ0) is 13.1. The molecule has 0 radical (unpaired) electrons. The fourth-order valence-corrected chi connectivity index (χ4v) is 1.39. The first kappa shape index (κ1) is 13.9. The van der Waals surface area contributed by atoms with Crippen molar-refractivity contribution in [3.05, 3.63) is 29.6 Å². The Bertz CT molecular complexity index is 369. The fourth-order valence-electron chi connectivity index (χ4n) is 1.39. The van der Waals surface area contributed by atoms with E-state index in [9.17, 15) is 14.6 Å². The van der Waals surface area contributed by atoms with E-state index < -0.39 is 17.5 Å². The Hall–Kier alpha value is -1.13. The average molecular weight is 242 g/mol. The van der Waals surface area contributed by atoms with E-state index in [4.69, 9.17) is 4.74 Å². The van der Waals surface area contributed by atoms with Crippen LogP contribution in [0.15, 0.2) is 18.2 Å². The first-order valence-corrected chi connectivity index (χ1v) is 5.62. The minimum atomic E-state index is -0.821. The van der Waals surface area contributed by atoms with Crippen molar-refractivity contribution >= 4 is 0 Å². The van der Waals surface area contributed by atoms with Crippen LogP contribution in [0.3, 0.4) is 0 Å². The number of aliphatic hydroxyl groups is 2. The number of hydrogen-bond acceptors (Lipinski definition) is 3.